The molecule has 336 valence electrons. The lowest BCUT2D eigenvalue weighted by molar-refractivity contribution is 0.0943. The van der Waals surface area contributed by atoms with Gasteiger partial charge in [-0.3, -0.25) is 28.8 Å². The molecule has 0 saturated heterocycles. The standard InChI is InChI=1S/2C27H27N3O3/c2*1-17-2-7-23(27(33)30-16-19-5-8-21(9-6-19)25(28)31)14-24(17)20-10-12-22(13-11-20)26(32)29-15-18-3-4-18/h2*2,5-14,18H,3-4,15-16H2,1H3,(H2,28,31)(H,29,32)(H,30,33). The first-order valence-electron chi connectivity index (χ1n) is 22.1. The number of primary amides is 2. The third kappa shape index (κ3) is 12.7. The monoisotopic (exact) mass is 882 g/mol. The van der Waals surface area contributed by atoms with Crippen LogP contribution in [0.1, 0.15) is 110 Å². The van der Waals surface area contributed by atoms with Crippen LogP contribution in [-0.2, 0) is 13.1 Å². The van der Waals surface area contributed by atoms with E-state index in [1.807, 2.05) is 86.6 Å². The van der Waals surface area contributed by atoms with Crippen LogP contribution in [0, 0.1) is 25.7 Å². The zero-order valence-corrected chi connectivity index (χ0v) is 37.1. The van der Waals surface area contributed by atoms with Gasteiger partial charge < -0.3 is 32.7 Å². The van der Waals surface area contributed by atoms with Gasteiger partial charge in [-0.25, -0.2) is 0 Å². The Hall–Kier alpha value is -7.86. The average molecular weight is 883 g/mol. The van der Waals surface area contributed by atoms with E-state index in [0.717, 1.165) is 57.6 Å². The number of amides is 6. The van der Waals surface area contributed by atoms with Crippen LogP contribution >= 0.6 is 0 Å². The fourth-order valence-corrected chi connectivity index (χ4v) is 7.22. The van der Waals surface area contributed by atoms with Gasteiger partial charge in [0.2, 0.25) is 11.8 Å². The van der Waals surface area contributed by atoms with Crippen molar-refractivity contribution in [1.29, 1.82) is 0 Å². The Balaban J connectivity index is 0.000000196. The number of hydrogen-bond donors (Lipinski definition) is 6. The second kappa shape index (κ2) is 21.2. The number of benzene rings is 6. The summed E-state index contributed by atoms with van der Waals surface area (Å²) in [5, 5.41) is 11.8. The normalized spacial score (nSPS) is 12.8. The predicted molar refractivity (Wildman–Crippen MR) is 256 cm³/mol. The molecule has 0 aliphatic heterocycles. The van der Waals surface area contributed by atoms with Crippen molar-refractivity contribution in [2.45, 2.75) is 52.6 Å². The van der Waals surface area contributed by atoms with Gasteiger partial charge in [0.05, 0.1) is 0 Å². The molecule has 12 heteroatoms. The molecule has 2 saturated carbocycles. The molecule has 12 nitrogen and oxygen atoms in total. The van der Waals surface area contributed by atoms with Crippen molar-refractivity contribution in [3.63, 3.8) is 0 Å². The van der Waals surface area contributed by atoms with E-state index in [-0.39, 0.29) is 23.6 Å². The van der Waals surface area contributed by atoms with E-state index in [1.54, 1.807) is 60.7 Å². The largest absolute Gasteiger partial charge is 0.366 e. The van der Waals surface area contributed by atoms with Crippen molar-refractivity contribution < 1.29 is 28.8 Å². The second-order valence-corrected chi connectivity index (χ2v) is 17.0. The van der Waals surface area contributed by atoms with Crippen molar-refractivity contribution in [3.05, 3.63) is 189 Å². The molecule has 8 rings (SSSR count). The first-order valence-corrected chi connectivity index (χ1v) is 22.1. The third-order valence-electron chi connectivity index (χ3n) is 11.8. The van der Waals surface area contributed by atoms with E-state index < -0.39 is 11.8 Å². The zero-order chi connectivity index (χ0) is 46.7. The van der Waals surface area contributed by atoms with Crippen LogP contribution < -0.4 is 32.7 Å². The van der Waals surface area contributed by atoms with Crippen LogP contribution in [0.15, 0.2) is 133 Å². The van der Waals surface area contributed by atoms with E-state index in [4.69, 9.17) is 11.5 Å². The molecule has 0 heterocycles. The van der Waals surface area contributed by atoms with E-state index in [2.05, 4.69) is 21.3 Å². The number of nitrogens with two attached hydrogens (primary N) is 2. The highest BCUT2D eigenvalue weighted by Crippen LogP contribution is 2.30. The maximum Gasteiger partial charge on any atom is 0.251 e. The molecular weight excluding hydrogens is 829 g/mol. The number of carbonyl (C=O) groups excluding carboxylic acids is 6. The van der Waals surface area contributed by atoms with Crippen LogP contribution in [0.4, 0.5) is 0 Å². The topological polar surface area (TPSA) is 203 Å². The number of rotatable bonds is 16. The van der Waals surface area contributed by atoms with Gasteiger partial charge in [-0.05, 0) is 169 Å². The van der Waals surface area contributed by atoms with Crippen LogP contribution in [0.2, 0.25) is 0 Å². The predicted octanol–water partition coefficient (Wildman–Crippen LogP) is 7.66. The Kier molecular flexibility index (Phi) is 14.8. The number of hydrogen-bond acceptors (Lipinski definition) is 6. The summed E-state index contributed by atoms with van der Waals surface area (Å²) in [4.78, 5) is 72.4. The molecule has 0 unspecified atom stereocenters. The van der Waals surface area contributed by atoms with Crippen LogP contribution in [0.3, 0.4) is 0 Å². The van der Waals surface area contributed by atoms with Crippen molar-refractivity contribution in [3.8, 4) is 22.3 Å². The Morgan fingerprint density at radius 3 is 1.03 bits per heavy atom. The SMILES string of the molecule is Cc1ccc(C(=O)NCc2ccc(C(N)=O)cc2)cc1-c1ccc(C(=O)NCC2CC2)cc1.Cc1ccc(C(=O)NCc2ccc(C(N)=O)cc2)cc1-c1ccc(C(=O)NCC2CC2)cc1. The van der Waals surface area contributed by atoms with Gasteiger partial charge in [0.25, 0.3) is 23.6 Å². The molecule has 8 N–H and O–H groups in total. The Morgan fingerprint density at radius 1 is 0.409 bits per heavy atom. The van der Waals surface area contributed by atoms with Gasteiger partial charge in [0.1, 0.15) is 0 Å². The summed E-state index contributed by atoms with van der Waals surface area (Å²) in [5.41, 5.74) is 21.3. The maximum atomic E-state index is 12.7. The highest BCUT2D eigenvalue weighted by molar-refractivity contribution is 5.98. The van der Waals surface area contributed by atoms with Crippen molar-refractivity contribution in [2.75, 3.05) is 13.1 Å². The van der Waals surface area contributed by atoms with Crippen molar-refractivity contribution >= 4 is 35.4 Å². The number of carbonyl (C=O) groups is 6. The fraction of sp³-hybridized carbons (Fsp3) is 0.222. The van der Waals surface area contributed by atoms with E-state index in [9.17, 15) is 28.8 Å². The van der Waals surface area contributed by atoms with Crippen LogP contribution in [0.5, 0.6) is 0 Å². The summed E-state index contributed by atoms with van der Waals surface area (Å²) in [5.74, 6) is -0.171. The van der Waals surface area contributed by atoms with Crippen LogP contribution in [0.25, 0.3) is 22.3 Å². The molecule has 6 aromatic carbocycles. The number of nitrogens with one attached hydrogen (secondary N) is 4. The number of aryl methyl sites for hydroxylation is 2. The van der Waals surface area contributed by atoms with Crippen LogP contribution in [-0.4, -0.2) is 48.5 Å². The maximum absolute atomic E-state index is 12.7. The van der Waals surface area contributed by atoms with E-state index in [1.165, 1.54) is 25.7 Å². The van der Waals surface area contributed by atoms with Gasteiger partial charge in [0.15, 0.2) is 0 Å². The molecule has 0 bridgehead atoms. The zero-order valence-electron chi connectivity index (χ0n) is 37.1. The molecule has 0 spiro atoms. The molecule has 2 fully saturated rings. The van der Waals surface area contributed by atoms with Gasteiger partial charge in [-0.15, -0.1) is 0 Å². The first kappa shape index (κ1) is 46.1. The molecule has 66 heavy (non-hydrogen) atoms. The lowest BCUT2D eigenvalue weighted by Crippen LogP contribution is -2.25. The summed E-state index contributed by atoms with van der Waals surface area (Å²) < 4.78 is 0. The third-order valence-corrected chi connectivity index (χ3v) is 11.8. The van der Waals surface area contributed by atoms with E-state index in [0.29, 0.717) is 58.3 Å². The summed E-state index contributed by atoms with van der Waals surface area (Å²) in [7, 11) is 0. The quantitative estimate of drug-likeness (QED) is 0.0576. The Bertz CT molecular complexity index is 2550. The minimum Gasteiger partial charge on any atom is -0.366 e. The second-order valence-electron chi connectivity index (χ2n) is 17.0. The summed E-state index contributed by atoms with van der Waals surface area (Å²) in [6, 6.07) is 39.7. The van der Waals surface area contributed by atoms with Gasteiger partial charge in [-0.1, -0.05) is 60.7 Å². The minimum absolute atomic E-state index is 0.0536. The van der Waals surface area contributed by atoms with Gasteiger partial charge >= 0.3 is 0 Å². The fourth-order valence-electron chi connectivity index (χ4n) is 7.22. The molecule has 6 aromatic rings. The lowest BCUT2D eigenvalue weighted by atomic mass is 9.97. The minimum atomic E-state index is -0.482. The first-order chi connectivity index (χ1) is 31.8. The molecule has 0 radical (unpaired) electrons. The smallest absolute Gasteiger partial charge is 0.251 e. The summed E-state index contributed by atoms with van der Waals surface area (Å²) >= 11 is 0. The molecule has 2 aliphatic rings. The van der Waals surface area contributed by atoms with Gasteiger partial charge in [0, 0.05) is 59.6 Å². The van der Waals surface area contributed by atoms with Gasteiger partial charge in [-0.2, -0.15) is 0 Å². The van der Waals surface area contributed by atoms with E-state index >= 15 is 0 Å². The molecule has 6 amide bonds. The van der Waals surface area contributed by atoms with Crippen molar-refractivity contribution in [2.24, 2.45) is 23.3 Å². The molecule has 0 aromatic heterocycles. The average Bonchev–Trinajstić information content (AvgIpc) is 4.29. The summed E-state index contributed by atoms with van der Waals surface area (Å²) in [6.07, 6.45) is 4.79. The highest BCUT2D eigenvalue weighted by atomic mass is 16.2. The lowest BCUT2D eigenvalue weighted by Gasteiger charge is -2.11. The highest BCUT2D eigenvalue weighted by Gasteiger charge is 2.23. The van der Waals surface area contributed by atoms with Crippen molar-refractivity contribution in [1.82, 2.24) is 21.3 Å². The molecule has 2 aliphatic carbocycles. The molecular formula is C54H54N6O6. The molecule has 0 atom stereocenters. The summed E-state index contributed by atoms with van der Waals surface area (Å²) in [6.45, 7) is 6.15. The Labute approximate surface area is 384 Å². The Morgan fingerprint density at radius 2 is 0.712 bits per heavy atom.